The van der Waals surface area contributed by atoms with Gasteiger partial charge in [-0.1, -0.05) is 25.0 Å². The Hall–Kier alpha value is -1.22. The van der Waals surface area contributed by atoms with E-state index in [9.17, 15) is 4.79 Å². The summed E-state index contributed by atoms with van der Waals surface area (Å²) in [5.41, 5.74) is 7.52. The van der Waals surface area contributed by atoms with E-state index in [0.717, 1.165) is 23.7 Å². The van der Waals surface area contributed by atoms with Crippen molar-refractivity contribution in [3.05, 3.63) is 29.8 Å². The number of nitrogens with two attached hydrogens (primary N) is 1. The predicted octanol–water partition coefficient (Wildman–Crippen LogP) is 3.41. The van der Waals surface area contributed by atoms with Crippen LogP contribution in [0.3, 0.4) is 0 Å². The molecule has 2 fully saturated rings. The van der Waals surface area contributed by atoms with Crippen LogP contribution in [0.5, 0.6) is 0 Å². The number of anilines is 1. The van der Waals surface area contributed by atoms with Crippen molar-refractivity contribution in [1.29, 1.82) is 0 Å². The summed E-state index contributed by atoms with van der Waals surface area (Å²) >= 11 is 0. The van der Waals surface area contributed by atoms with Crippen LogP contribution in [0.1, 0.15) is 44.1 Å². The van der Waals surface area contributed by atoms with Crippen molar-refractivity contribution >= 4 is 24.0 Å². The lowest BCUT2D eigenvalue weighted by Gasteiger charge is -2.29. The smallest absolute Gasteiger partial charge is 0.227 e. The van der Waals surface area contributed by atoms with Crippen molar-refractivity contribution in [2.45, 2.75) is 51.0 Å². The van der Waals surface area contributed by atoms with Gasteiger partial charge in [0.1, 0.15) is 0 Å². The van der Waals surface area contributed by atoms with Gasteiger partial charge in [0.15, 0.2) is 0 Å². The summed E-state index contributed by atoms with van der Waals surface area (Å²) in [5.74, 6) is 1.05. The summed E-state index contributed by atoms with van der Waals surface area (Å²) in [7, 11) is 0. The third kappa shape index (κ3) is 3.70. The lowest BCUT2D eigenvalue weighted by molar-refractivity contribution is -0.132. The fraction of sp³-hybridized carbons (Fsp3) is 0.588. The second-order valence-corrected chi connectivity index (χ2v) is 6.26. The van der Waals surface area contributed by atoms with Crippen molar-refractivity contribution in [2.75, 3.05) is 12.3 Å². The third-order valence-electron chi connectivity index (χ3n) is 4.90. The number of likely N-dealkylation sites (tertiary alicyclic amines) is 1. The van der Waals surface area contributed by atoms with E-state index in [1.165, 1.54) is 38.5 Å². The molecule has 0 bridgehead atoms. The maximum absolute atomic E-state index is 12.6. The molecule has 1 aromatic carbocycles. The number of carbonyl (C=O) groups is 1. The quantitative estimate of drug-likeness (QED) is 0.870. The molecule has 1 unspecified atom stereocenters. The van der Waals surface area contributed by atoms with Crippen LogP contribution in [0, 0.1) is 5.92 Å². The zero-order chi connectivity index (χ0) is 13.9. The second kappa shape index (κ2) is 7.17. The number of nitrogen functional groups attached to an aromatic ring is 1. The summed E-state index contributed by atoms with van der Waals surface area (Å²) in [4.78, 5) is 14.7. The topological polar surface area (TPSA) is 46.3 Å². The molecule has 1 saturated heterocycles. The van der Waals surface area contributed by atoms with Gasteiger partial charge in [-0.3, -0.25) is 4.79 Å². The van der Waals surface area contributed by atoms with Gasteiger partial charge in [-0.05, 0) is 49.3 Å². The van der Waals surface area contributed by atoms with Crippen molar-refractivity contribution < 1.29 is 4.79 Å². The third-order valence-corrected chi connectivity index (χ3v) is 4.90. The number of hydrogen-bond donors (Lipinski definition) is 1. The van der Waals surface area contributed by atoms with Crippen LogP contribution in [-0.4, -0.2) is 23.4 Å². The number of amides is 1. The Labute approximate surface area is 133 Å². The maximum atomic E-state index is 12.6. The van der Waals surface area contributed by atoms with Gasteiger partial charge in [0.05, 0.1) is 6.42 Å². The van der Waals surface area contributed by atoms with Crippen LogP contribution in [-0.2, 0) is 11.2 Å². The van der Waals surface area contributed by atoms with Crippen LogP contribution in [0.4, 0.5) is 5.69 Å². The van der Waals surface area contributed by atoms with Crippen molar-refractivity contribution in [3.63, 3.8) is 0 Å². The molecule has 4 heteroatoms. The minimum Gasteiger partial charge on any atom is -0.399 e. The molecule has 3 rings (SSSR count). The molecule has 0 radical (unpaired) electrons. The van der Waals surface area contributed by atoms with Crippen molar-refractivity contribution in [3.8, 4) is 0 Å². The first-order chi connectivity index (χ1) is 9.74. The van der Waals surface area contributed by atoms with E-state index < -0.39 is 0 Å². The maximum Gasteiger partial charge on any atom is 0.227 e. The predicted molar refractivity (Wildman–Crippen MR) is 88.5 cm³/mol. The van der Waals surface area contributed by atoms with Gasteiger partial charge in [-0.2, -0.15) is 0 Å². The molecule has 1 aromatic rings. The molecule has 21 heavy (non-hydrogen) atoms. The Morgan fingerprint density at radius 1 is 1.10 bits per heavy atom. The molecule has 1 saturated carbocycles. The molecule has 1 aliphatic heterocycles. The number of halogens is 1. The largest absolute Gasteiger partial charge is 0.399 e. The SMILES string of the molecule is Cl.Nc1ccc(CC(=O)N2CCCC2C2CCCC2)cc1. The lowest BCUT2D eigenvalue weighted by Crippen LogP contribution is -2.40. The van der Waals surface area contributed by atoms with Gasteiger partial charge in [-0.25, -0.2) is 0 Å². The van der Waals surface area contributed by atoms with Gasteiger partial charge in [-0.15, -0.1) is 12.4 Å². The lowest BCUT2D eigenvalue weighted by atomic mass is 9.95. The Kier molecular flexibility index (Phi) is 5.51. The standard InChI is InChI=1S/C17H24N2O.ClH/c18-15-9-7-13(8-10-15)12-17(20)19-11-3-6-16(19)14-4-1-2-5-14;/h7-10,14,16H,1-6,11-12,18H2;1H. The minimum atomic E-state index is 0. The molecule has 1 aliphatic carbocycles. The number of nitrogens with zero attached hydrogens (tertiary/aromatic N) is 1. The van der Waals surface area contributed by atoms with E-state index in [1.54, 1.807) is 0 Å². The average molecular weight is 309 g/mol. The van der Waals surface area contributed by atoms with Gasteiger partial charge in [0.2, 0.25) is 5.91 Å². The molecular formula is C17H25ClN2O. The molecule has 3 nitrogen and oxygen atoms in total. The molecule has 1 heterocycles. The first-order valence-corrected chi connectivity index (χ1v) is 7.88. The normalized spacial score (nSPS) is 22.3. The van der Waals surface area contributed by atoms with Crippen molar-refractivity contribution in [1.82, 2.24) is 4.90 Å². The summed E-state index contributed by atoms with van der Waals surface area (Å²) in [6.07, 6.45) is 8.23. The van der Waals surface area contributed by atoms with Crippen LogP contribution in [0.15, 0.2) is 24.3 Å². The molecule has 116 valence electrons. The highest BCUT2D eigenvalue weighted by Crippen LogP contribution is 2.35. The number of rotatable bonds is 3. The Bertz CT molecular complexity index is 468. The Balaban J connectivity index is 0.00000161. The van der Waals surface area contributed by atoms with Gasteiger partial charge >= 0.3 is 0 Å². The summed E-state index contributed by atoms with van der Waals surface area (Å²) in [6.45, 7) is 0.953. The van der Waals surface area contributed by atoms with E-state index in [4.69, 9.17) is 5.73 Å². The van der Waals surface area contributed by atoms with Gasteiger partial charge < -0.3 is 10.6 Å². The van der Waals surface area contributed by atoms with E-state index in [2.05, 4.69) is 4.90 Å². The summed E-state index contributed by atoms with van der Waals surface area (Å²) < 4.78 is 0. The highest BCUT2D eigenvalue weighted by Gasteiger charge is 2.35. The summed E-state index contributed by atoms with van der Waals surface area (Å²) in [6, 6.07) is 8.20. The highest BCUT2D eigenvalue weighted by atomic mass is 35.5. The molecule has 0 spiro atoms. The fourth-order valence-corrected chi connectivity index (χ4v) is 3.85. The summed E-state index contributed by atoms with van der Waals surface area (Å²) in [5, 5.41) is 0. The number of benzene rings is 1. The second-order valence-electron chi connectivity index (χ2n) is 6.26. The Morgan fingerprint density at radius 2 is 1.76 bits per heavy atom. The minimum absolute atomic E-state index is 0. The molecular weight excluding hydrogens is 284 g/mol. The van der Waals surface area contributed by atoms with Crippen LogP contribution in [0.2, 0.25) is 0 Å². The van der Waals surface area contributed by atoms with Crippen molar-refractivity contribution in [2.24, 2.45) is 5.92 Å². The number of hydrogen-bond acceptors (Lipinski definition) is 2. The first-order valence-electron chi connectivity index (χ1n) is 7.88. The molecule has 1 amide bonds. The van der Waals surface area contributed by atoms with E-state index in [-0.39, 0.29) is 12.4 Å². The first kappa shape index (κ1) is 16.2. The molecule has 0 aromatic heterocycles. The zero-order valence-electron chi connectivity index (χ0n) is 12.5. The van der Waals surface area contributed by atoms with E-state index in [1.807, 2.05) is 24.3 Å². The van der Waals surface area contributed by atoms with E-state index >= 15 is 0 Å². The Morgan fingerprint density at radius 3 is 2.43 bits per heavy atom. The fourth-order valence-electron chi connectivity index (χ4n) is 3.85. The highest BCUT2D eigenvalue weighted by molar-refractivity contribution is 5.85. The van der Waals surface area contributed by atoms with Crippen LogP contribution < -0.4 is 5.73 Å². The van der Waals surface area contributed by atoms with Gasteiger partial charge in [0.25, 0.3) is 0 Å². The zero-order valence-corrected chi connectivity index (χ0v) is 13.3. The average Bonchev–Trinajstić information content (AvgIpc) is 3.11. The monoisotopic (exact) mass is 308 g/mol. The van der Waals surface area contributed by atoms with Gasteiger partial charge in [0, 0.05) is 18.3 Å². The number of carbonyl (C=O) groups excluding carboxylic acids is 1. The molecule has 1 atom stereocenters. The molecule has 2 aliphatic rings. The molecule has 2 N–H and O–H groups in total. The van der Waals surface area contributed by atoms with Crippen LogP contribution in [0.25, 0.3) is 0 Å². The van der Waals surface area contributed by atoms with E-state index in [0.29, 0.717) is 18.4 Å². The van der Waals surface area contributed by atoms with Crippen LogP contribution >= 0.6 is 12.4 Å².